The number of benzene rings is 1. The van der Waals surface area contributed by atoms with E-state index >= 15 is 0 Å². The Hall–Kier alpha value is -4.44. The Morgan fingerprint density at radius 3 is 2.68 bits per heavy atom. The standard InChI is InChI=1S/C23H14ClF4N5O4/c24-13-5-12(9-29)6-17(7-13)37-19-20(23(26,27)28)30-11-33(22(19)35)10-15-8-18(21(34)32-31-15)36-16-3-1-14(25)2-4-16/h1,3-8,11,14H,2,10H2,(H,32,34). The molecular formula is C23H14ClF4N5O4. The number of allylic oxidation sites excluding steroid dienone is 3. The first-order chi connectivity index (χ1) is 17.5. The van der Waals surface area contributed by atoms with Crippen LogP contribution in [0.25, 0.3) is 0 Å². The first-order valence-electron chi connectivity index (χ1n) is 10.4. The Balaban J connectivity index is 1.68. The van der Waals surface area contributed by atoms with E-state index in [1.165, 1.54) is 30.4 Å². The molecule has 1 aliphatic carbocycles. The zero-order valence-corrected chi connectivity index (χ0v) is 19.2. The molecule has 0 saturated heterocycles. The molecule has 0 spiro atoms. The van der Waals surface area contributed by atoms with Gasteiger partial charge in [-0.15, -0.1) is 0 Å². The predicted molar refractivity (Wildman–Crippen MR) is 121 cm³/mol. The third kappa shape index (κ3) is 6.04. The molecule has 14 heteroatoms. The van der Waals surface area contributed by atoms with Crippen molar-refractivity contribution < 1.29 is 27.0 Å². The minimum Gasteiger partial charge on any atom is -0.452 e. The molecule has 0 saturated carbocycles. The van der Waals surface area contributed by atoms with Gasteiger partial charge in [-0.2, -0.15) is 23.5 Å². The Kier molecular flexibility index (Phi) is 7.12. The van der Waals surface area contributed by atoms with Gasteiger partial charge in [0, 0.05) is 17.5 Å². The van der Waals surface area contributed by atoms with Gasteiger partial charge in [0.15, 0.2) is 11.4 Å². The van der Waals surface area contributed by atoms with Crippen LogP contribution in [0.15, 0.2) is 64.2 Å². The molecule has 1 atom stereocenters. The van der Waals surface area contributed by atoms with Crippen LogP contribution in [0.2, 0.25) is 5.02 Å². The molecule has 4 rings (SSSR count). The van der Waals surface area contributed by atoms with Gasteiger partial charge in [0.2, 0.25) is 5.75 Å². The molecule has 0 fully saturated rings. The SMILES string of the molecule is N#Cc1cc(Cl)cc(Oc2c(C(F)(F)F)ncn(Cc3cc(OC4=CCC(F)C=C4)c(=O)[nH]n3)c2=O)c1. The summed E-state index contributed by atoms with van der Waals surface area (Å²) in [4.78, 5) is 28.4. The molecule has 0 aliphatic heterocycles. The van der Waals surface area contributed by atoms with Gasteiger partial charge >= 0.3 is 11.7 Å². The number of nitrogens with zero attached hydrogens (tertiary/aromatic N) is 4. The molecule has 1 unspecified atom stereocenters. The largest absolute Gasteiger partial charge is 0.452 e. The summed E-state index contributed by atoms with van der Waals surface area (Å²) in [6, 6.07) is 6.45. The maximum absolute atomic E-state index is 13.6. The van der Waals surface area contributed by atoms with Crippen LogP contribution in [-0.4, -0.2) is 25.9 Å². The predicted octanol–water partition coefficient (Wildman–Crippen LogP) is 4.27. The lowest BCUT2D eigenvalue weighted by Crippen LogP contribution is -2.27. The molecule has 2 aromatic heterocycles. The fourth-order valence-electron chi connectivity index (χ4n) is 3.22. The number of H-pyrrole nitrogens is 1. The van der Waals surface area contributed by atoms with E-state index in [-0.39, 0.29) is 40.0 Å². The van der Waals surface area contributed by atoms with E-state index in [9.17, 15) is 27.2 Å². The zero-order valence-electron chi connectivity index (χ0n) is 18.4. The minimum atomic E-state index is -5.04. The average molecular weight is 536 g/mol. The third-order valence-electron chi connectivity index (χ3n) is 4.88. The van der Waals surface area contributed by atoms with Gasteiger partial charge in [-0.25, -0.2) is 14.5 Å². The smallest absolute Gasteiger partial charge is 0.437 e. The molecular weight excluding hydrogens is 522 g/mol. The van der Waals surface area contributed by atoms with Crippen molar-refractivity contribution in [2.45, 2.75) is 25.3 Å². The number of halogens is 5. The molecule has 37 heavy (non-hydrogen) atoms. The quantitative estimate of drug-likeness (QED) is 0.468. The van der Waals surface area contributed by atoms with Gasteiger partial charge in [0.1, 0.15) is 17.7 Å². The van der Waals surface area contributed by atoms with Crippen molar-refractivity contribution in [3.63, 3.8) is 0 Å². The van der Waals surface area contributed by atoms with Gasteiger partial charge in [-0.1, -0.05) is 11.6 Å². The second-order valence-corrected chi connectivity index (χ2v) is 8.05. The molecule has 0 radical (unpaired) electrons. The van der Waals surface area contributed by atoms with Crippen molar-refractivity contribution in [3.05, 3.63) is 97.3 Å². The van der Waals surface area contributed by atoms with Crippen LogP contribution < -0.4 is 20.6 Å². The molecule has 1 aromatic carbocycles. The summed E-state index contributed by atoms with van der Waals surface area (Å²) in [6.45, 7) is -0.423. The van der Waals surface area contributed by atoms with E-state index in [0.29, 0.717) is 6.33 Å². The summed E-state index contributed by atoms with van der Waals surface area (Å²) in [7, 11) is 0. The first-order valence-corrected chi connectivity index (χ1v) is 10.8. The van der Waals surface area contributed by atoms with Crippen molar-refractivity contribution in [1.82, 2.24) is 19.7 Å². The summed E-state index contributed by atoms with van der Waals surface area (Å²) in [5.41, 5.74) is -3.51. The van der Waals surface area contributed by atoms with Crippen LogP contribution in [-0.2, 0) is 12.7 Å². The van der Waals surface area contributed by atoms with E-state index in [1.807, 2.05) is 0 Å². The highest BCUT2D eigenvalue weighted by Gasteiger charge is 2.38. The molecule has 0 amide bonds. The van der Waals surface area contributed by atoms with Crippen LogP contribution in [0.4, 0.5) is 17.6 Å². The topological polar surface area (TPSA) is 123 Å². The number of hydrogen-bond donors (Lipinski definition) is 1. The summed E-state index contributed by atoms with van der Waals surface area (Å²) < 4.78 is 65.5. The van der Waals surface area contributed by atoms with E-state index in [0.717, 1.165) is 16.7 Å². The van der Waals surface area contributed by atoms with Crippen LogP contribution in [0.5, 0.6) is 17.2 Å². The molecule has 2 heterocycles. The van der Waals surface area contributed by atoms with Gasteiger partial charge in [-0.05, 0) is 36.4 Å². The van der Waals surface area contributed by atoms with Crippen molar-refractivity contribution >= 4 is 11.6 Å². The van der Waals surface area contributed by atoms with Crippen molar-refractivity contribution in [1.29, 1.82) is 5.26 Å². The monoisotopic (exact) mass is 535 g/mol. The second kappa shape index (κ2) is 10.3. The fourth-order valence-corrected chi connectivity index (χ4v) is 3.44. The second-order valence-electron chi connectivity index (χ2n) is 7.61. The molecule has 9 nitrogen and oxygen atoms in total. The van der Waals surface area contributed by atoms with E-state index in [2.05, 4.69) is 15.2 Å². The number of nitrogens with one attached hydrogen (secondary N) is 1. The van der Waals surface area contributed by atoms with Gasteiger partial charge in [0.25, 0.3) is 5.56 Å². The maximum atomic E-state index is 13.6. The van der Waals surface area contributed by atoms with Gasteiger partial charge < -0.3 is 9.47 Å². The van der Waals surface area contributed by atoms with Crippen molar-refractivity contribution in [2.75, 3.05) is 0 Å². The Morgan fingerprint density at radius 2 is 2.00 bits per heavy atom. The summed E-state index contributed by atoms with van der Waals surface area (Å²) in [6.07, 6.45) is -1.48. The number of hydrogen-bond acceptors (Lipinski definition) is 7. The highest BCUT2D eigenvalue weighted by Crippen LogP contribution is 2.35. The van der Waals surface area contributed by atoms with E-state index in [4.69, 9.17) is 26.3 Å². The number of rotatable bonds is 6. The van der Waals surface area contributed by atoms with Crippen LogP contribution >= 0.6 is 11.6 Å². The van der Waals surface area contributed by atoms with Crippen molar-refractivity contribution in [3.8, 4) is 23.3 Å². The van der Waals surface area contributed by atoms with Crippen molar-refractivity contribution in [2.24, 2.45) is 0 Å². The molecule has 1 N–H and O–H groups in total. The summed E-state index contributed by atoms with van der Waals surface area (Å²) in [5, 5.41) is 15.0. The Labute approximate surface area is 209 Å². The Morgan fingerprint density at radius 1 is 1.22 bits per heavy atom. The Bertz CT molecular complexity index is 1570. The normalized spacial score (nSPS) is 15.1. The summed E-state index contributed by atoms with van der Waals surface area (Å²) in [5.74, 6) is -1.46. The number of aromatic nitrogens is 4. The lowest BCUT2D eigenvalue weighted by Gasteiger charge is -2.15. The first kappa shape index (κ1) is 25.6. The number of ether oxygens (including phenoxy) is 2. The molecule has 0 bridgehead atoms. The number of aromatic amines is 1. The number of nitriles is 1. The van der Waals surface area contributed by atoms with Gasteiger partial charge in [0.05, 0.1) is 30.2 Å². The highest BCUT2D eigenvalue weighted by atomic mass is 35.5. The van der Waals surface area contributed by atoms with Gasteiger partial charge in [-0.3, -0.25) is 14.2 Å². The average Bonchev–Trinajstić information content (AvgIpc) is 2.84. The van der Waals surface area contributed by atoms with E-state index < -0.39 is 41.5 Å². The molecule has 190 valence electrons. The lowest BCUT2D eigenvalue weighted by atomic mass is 10.1. The molecule has 3 aromatic rings. The van der Waals surface area contributed by atoms with Crippen LogP contribution in [0.3, 0.4) is 0 Å². The maximum Gasteiger partial charge on any atom is 0.437 e. The fraction of sp³-hybridized carbons (Fsp3) is 0.174. The minimum absolute atomic E-state index is 0.00162. The highest BCUT2D eigenvalue weighted by molar-refractivity contribution is 6.30. The zero-order chi connectivity index (χ0) is 26.7. The third-order valence-corrected chi connectivity index (χ3v) is 5.10. The molecule has 1 aliphatic rings. The number of alkyl halides is 4. The lowest BCUT2D eigenvalue weighted by molar-refractivity contribution is -0.142. The van der Waals surface area contributed by atoms with Crippen LogP contribution in [0, 0.1) is 11.3 Å². The van der Waals surface area contributed by atoms with E-state index in [1.54, 1.807) is 6.07 Å². The van der Waals surface area contributed by atoms with Crippen LogP contribution in [0.1, 0.15) is 23.4 Å². The summed E-state index contributed by atoms with van der Waals surface area (Å²) >= 11 is 5.88.